The second-order valence-corrected chi connectivity index (χ2v) is 4.66. The number of esters is 1. The number of nitrogens with two attached hydrogens (primary N) is 1. The van der Waals surface area contributed by atoms with Crippen LogP contribution in [0.5, 0.6) is 0 Å². The Morgan fingerprint density at radius 2 is 2.62 bits per heavy atom. The predicted molar refractivity (Wildman–Crippen MR) is 53.9 cm³/mol. The first kappa shape index (κ1) is 10.3. The first-order valence-electron chi connectivity index (χ1n) is 3.66. The molecule has 0 aliphatic carbocycles. The van der Waals surface area contributed by atoms with Gasteiger partial charge in [-0.05, 0) is 0 Å². The number of carbonyl (C=O) groups is 1. The van der Waals surface area contributed by atoms with Gasteiger partial charge in [-0.1, -0.05) is 11.3 Å². The average Bonchev–Trinajstić information content (AvgIpc) is 2.45. The SMILES string of the molecule is CC(=O)OCCSc1cnc(N)s1. The van der Waals surface area contributed by atoms with Crippen LogP contribution in [-0.4, -0.2) is 23.3 Å². The molecule has 0 amide bonds. The van der Waals surface area contributed by atoms with Gasteiger partial charge in [0.05, 0.1) is 10.4 Å². The van der Waals surface area contributed by atoms with E-state index in [4.69, 9.17) is 10.5 Å². The molecular weight excluding hydrogens is 208 g/mol. The van der Waals surface area contributed by atoms with Gasteiger partial charge < -0.3 is 10.5 Å². The summed E-state index contributed by atoms with van der Waals surface area (Å²) < 4.78 is 5.81. The zero-order valence-corrected chi connectivity index (χ0v) is 8.78. The summed E-state index contributed by atoms with van der Waals surface area (Å²) in [6.07, 6.45) is 1.72. The number of thioether (sulfide) groups is 1. The summed E-state index contributed by atoms with van der Waals surface area (Å²) in [5.74, 6) is 0.491. The molecule has 0 unspecified atom stereocenters. The molecule has 1 aromatic rings. The average molecular weight is 218 g/mol. The van der Waals surface area contributed by atoms with Crippen LogP contribution >= 0.6 is 23.1 Å². The fourth-order valence-corrected chi connectivity index (χ4v) is 2.32. The Hall–Kier alpha value is -0.750. The number of anilines is 1. The molecule has 2 N–H and O–H groups in total. The third-order valence-electron chi connectivity index (χ3n) is 1.14. The maximum absolute atomic E-state index is 10.4. The summed E-state index contributed by atoms with van der Waals surface area (Å²) in [7, 11) is 0. The number of thiazole rings is 1. The molecule has 0 bridgehead atoms. The predicted octanol–water partition coefficient (Wildman–Crippen LogP) is 1.38. The van der Waals surface area contributed by atoms with Crippen LogP contribution in [0.4, 0.5) is 5.13 Å². The van der Waals surface area contributed by atoms with E-state index in [1.165, 1.54) is 18.3 Å². The largest absolute Gasteiger partial charge is 0.465 e. The smallest absolute Gasteiger partial charge is 0.302 e. The van der Waals surface area contributed by atoms with E-state index in [-0.39, 0.29) is 5.97 Å². The second kappa shape index (κ2) is 5.08. The van der Waals surface area contributed by atoms with Crippen LogP contribution in [0.15, 0.2) is 10.4 Å². The van der Waals surface area contributed by atoms with E-state index >= 15 is 0 Å². The minimum atomic E-state index is -0.246. The number of rotatable bonds is 4. The minimum Gasteiger partial charge on any atom is -0.465 e. The van der Waals surface area contributed by atoms with Gasteiger partial charge in [0.15, 0.2) is 5.13 Å². The number of nitrogens with zero attached hydrogens (tertiary/aromatic N) is 1. The standard InChI is InChI=1S/C7H10N2O2S2/c1-5(10)11-2-3-12-6-4-9-7(8)13-6/h4H,2-3H2,1H3,(H2,8,9). The topological polar surface area (TPSA) is 65.2 Å². The van der Waals surface area contributed by atoms with E-state index in [1.807, 2.05) is 0 Å². The number of carbonyl (C=O) groups excluding carboxylic acids is 1. The Kier molecular flexibility index (Phi) is 4.04. The van der Waals surface area contributed by atoms with E-state index in [0.717, 1.165) is 9.96 Å². The maximum atomic E-state index is 10.4. The molecule has 1 rings (SSSR count). The number of hydrogen-bond acceptors (Lipinski definition) is 6. The Balaban J connectivity index is 2.16. The van der Waals surface area contributed by atoms with Gasteiger partial charge in [-0.3, -0.25) is 4.79 Å². The van der Waals surface area contributed by atoms with E-state index in [9.17, 15) is 4.79 Å². The monoisotopic (exact) mass is 218 g/mol. The molecule has 13 heavy (non-hydrogen) atoms. The molecule has 72 valence electrons. The fourth-order valence-electron chi connectivity index (χ4n) is 0.666. The zero-order valence-electron chi connectivity index (χ0n) is 7.15. The van der Waals surface area contributed by atoms with Crippen LogP contribution in [0, 0.1) is 0 Å². The lowest BCUT2D eigenvalue weighted by molar-refractivity contribution is -0.140. The lowest BCUT2D eigenvalue weighted by atomic mass is 10.8. The van der Waals surface area contributed by atoms with Crippen LogP contribution < -0.4 is 5.73 Å². The van der Waals surface area contributed by atoms with Crippen molar-refractivity contribution in [2.45, 2.75) is 11.1 Å². The lowest BCUT2D eigenvalue weighted by Crippen LogP contribution is -2.01. The molecule has 1 heterocycles. The van der Waals surface area contributed by atoms with E-state index in [1.54, 1.807) is 18.0 Å². The van der Waals surface area contributed by atoms with Gasteiger partial charge in [0.2, 0.25) is 0 Å². The Bertz CT molecular complexity index is 288. The molecule has 6 heteroatoms. The molecule has 0 radical (unpaired) electrons. The molecule has 4 nitrogen and oxygen atoms in total. The third-order valence-corrected chi connectivity index (χ3v) is 3.12. The Morgan fingerprint density at radius 1 is 1.85 bits per heavy atom. The van der Waals surface area contributed by atoms with Crippen LogP contribution in [0.2, 0.25) is 0 Å². The van der Waals surface area contributed by atoms with Crippen molar-refractivity contribution in [1.29, 1.82) is 0 Å². The molecule has 0 saturated carbocycles. The van der Waals surface area contributed by atoms with E-state index in [2.05, 4.69) is 4.98 Å². The molecular formula is C7H10N2O2S2. The first-order chi connectivity index (χ1) is 6.18. The highest BCUT2D eigenvalue weighted by Crippen LogP contribution is 2.25. The van der Waals surface area contributed by atoms with Crippen LogP contribution in [0.25, 0.3) is 0 Å². The zero-order chi connectivity index (χ0) is 9.68. The first-order valence-corrected chi connectivity index (χ1v) is 5.46. The molecule has 0 aliphatic heterocycles. The van der Waals surface area contributed by atoms with Gasteiger partial charge >= 0.3 is 5.97 Å². The summed E-state index contributed by atoms with van der Waals surface area (Å²) in [4.78, 5) is 14.3. The van der Waals surface area contributed by atoms with E-state index in [0.29, 0.717) is 11.7 Å². The van der Waals surface area contributed by atoms with Gasteiger partial charge in [0.1, 0.15) is 6.61 Å². The number of nitrogen functional groups attached to an aromatic ring is 1. The number of ether oxygens (including phenoxy) is 1. The van der Waals surface area contributed by atoms with E-state index < -0.39 is 0 Å². The van der Waals surface area contributed by atoms with Crippen LogP contribution in [-0.2, 0) is 9.53 Å². The highest BCUT2D eigenvalue weighted by molar-refractivity contribution is 8.01. The maximum Gasteiger partial charge on any atom is 0.302 e. The van der Waals surface area contributed by atoms with Crippen molar-refractivity contribution < 1.29 is 9.53 Å². The van der Waals surface area contributed by atoms with Crippen molar-refractivity contribution in [2.24, 2.45) is 0 Å². The van der Waals surface area contributed by atoms with Crippen molar-refractivity contribution in [1.82, 2.24) is 4.98 Å². The van der Waals surface area contributed by atoms with Crippen molar-refractivity contribution in [3.63, 3.8) is 0 Å². The summed E-state index contributed by atoms with van der Waals surface area (Å²) in [6.45, 7) is 1.83. The minimum absolute atomic E-state index is 0.246. The van der Waals surface area contributed by atoms with Crippen molar-refractivity contribution in [3.05, 3.63) is 6.20 Å². The number of aromatic nitrogens is 1. The molecule has 0 saturated heterocycles. The summed E-state index contributed by atoms with van der Waals surface area (Å²) in [5.41, 5.74) is 5.44. The Morgan fingerprint density at radius 3 is 3.15 bits per heavy atom. The normalized spacial score (nSPS) is 9.92. The van der Waals surface area contributed by atoms with Gasteiger partial charge in [-0.2, -0.15) is 0 Å². The summed E-state index contributed by atoms with van der Waals surface area (Å²) >= 11 is 3.02. The van der Waals surface area contributed by atoms with Crippen LogP contribution in [0.3, 0.4) is 0 Å². The summed E-state index contributed by atoms with van der Waals surface area (Å²) in [6, 6.07) is 0. The third kappa shape index (κ3) is 4.14. The molecule has 0 atom stereocenters. The summed E-state index contributed by atoms with van der Waals surface area (Å²) in [5, 5.41) is 0.565. The van der Waals surface area contributed by atoms with Crippen molar-refractivity contribution in [2.75, 3.05) is 18.1 Å². The lowest BCUT2D eigenvalue weighted by Gasteiger charge is -1.98. The van der Waals surface area contributed by atoms with Crippen molar-refractivity contribution in [3.8, 4) is 0 Å². The molecule has 1 aromatic heterocycles. The number of hydrogen-bond donors (Lipinski definition) is 1. The highest BCUT2D eigenvalue weighted by Gasteiger charge is 1.99. The van der Waals surface area contributed by atoms with Crippen LogP contribution in [0.1, 0.15) is 6.92 Å². The van der Waals surface area contributed by atoms with Gasteiger partial charge in [-0.15, -0.1) is 11.8 Å². The Labute approximate surface area is 84.5 Å². The molecule has 0 aromatic carbocycles. The quantitative estimate of drug-likeness (QED) is 0.470. The molecule has 0 spiro atoms. The van der Waals surface area contributed by atoms with Gasteiger partial charge in [-0.25, -0.2) is 4.98 Å². The van der Waals surface area contributed by atoms with Crippen molar-refractivity contribution >= 4 is 34.2 Å². The highest BCUT2D eigenvalue weighted by atomic mass is 32.2. The van der Waals surface area contributed by atoms with Gasteiger partial charge in [0, 0.05) is 12.7 Å². The second-order valence-electron chi connectivity index (χ2n) is 2.21. The molecule has 0 aliphatic rings. The fraction of sp³-hybridized carbons (Fsp3) is 0.429. The molecule has 0 fully saturated rings. The van der Waals surface area contributed by atoms with Gasteiger partial charge in [0.25, 0.3) is 0 Å².